The maximum absolute atomic E-state index is 12.0. The minimum absolute atomic E-state index is 0.0962. The monoisotopic (exact) mass is 253 g/mol. The number of anilines is 1. The number of carbonyl (C=O) groups is 1. The zero-order valence-electron chi connectivity index (χ0n) is 9.96. The summed E-state index contributed by atoms with van der Waals surface area (Å²) in [6.45, 7) is 1.01. The van der Waals surface area contributed by atoms with Gasteiger partial charge in [0.2, 0.25) is 5.91 Å². The molecule has 4 N–H and O–H groups in total. The highest BCUT2D eigenvalue weighted by Gasteiger charge is 2.25. The van der Waals surface area contributed by atoms with Crippen molar-refractivity contribution < 1.29 is 14.7 Å². The standard InChI is InChI=1S/C10H15N5O3/c1-15-9(7(4-12-15)8(11)14-17)13-10(16)6-2-3-18-5-6/h4,6,17H,2-3,5H2,1H3,(H2,11,14)(H,13,16). The third-order valence-corrected chi connectivity index (χ3v) is 2.86. The molecule has 1 unspecified atom stereocenters. The number of amides is 1. The molecule has 0 saturated carbocycles. The van der Waals surface area contributed by atoms with Crippen molar-refractivity contribution in [3.05, 3.63) is 11.8 Å². The second-order valence-corrected chi connectivity index (χ2v) is 4.07. The van der Waals surface area contributed by atoms with E-state index >= 15 is 0 Å². The van der Waals surface area contributed by atoms with Gasteiger partial charge in [0.15, 0.2) is 5.84 Å². The van der Waals surface area contributed by atoms with Crippen molar-refractivity contribution in [1.29, 1.82) is 0 Å². The molecule has 1 aliphatic heterocycles. The maximum atomic E-state index is 12.0. The molecule has 18 heavy (non-hydrogen) atoms. The van der Waals surface area contributed by atoms with Crippen molar-refractivity contribution in [3.8, 4) is 0 Å². The number of hydrogen-bond acceptors (Lipinski definition) is 5. The quantitative estimate of drug-likeness (QED) is 0.290. The van der Waals surface area contributed by atoms with Crippen molar-refractivity contribution >= 4 is 17.6 Å². The normalized spacial score (nSPS) is 20.1. The van der Waals surface area contributed by atoms with Gasteiger partial charge < -0.3 is 21.0 Å². The van der Waals surface area contributed by atoms with Crippen LogP contribution >= 0.6 is 0 Å². The summed E-state index contributed by atoms with van der Waals surface area (Å²) >= 11 is 0. The second kappa shape index (κ2) is 5.05. The first-order valence-electron chi connectivity index (χ1n) is 5.52. The zero-order valence-corrected chi connectivity index (χ0v) is 9.96. The Morgan fingerprint density at radius 2 is 2.56 bits per heavy atom. The van der Waals surface area contributed by atoms with E-state index in [2.05, 4.69) is 15.6 Å². The number of nitrogens with one attached hydrogen (secondary N) is 1. The van der Waals surface area contributed by atoms with Crippen molar-refractivity contribution in [2.45, 2.75) is 6.42 Å². The van der Waals surface area contributed by atoms with Crippen LogP contribution < -0.4 is 11.1 Å². The molecule has 1 aromatic heterocycles. The predicted molar refractivity (Wildman–Crippen MR) is 63.3 cm³/mol. The van der Waals surface area contributed by atoms with Gasteiger partial charge in [0.25, 0.3) is 0 Å². The Morgan fingerprint density at radius 1 is 1.78 bits per heavy atom. The fourth-order valence-corrected chi connectivity index (χ4v) is 1.79. The van der Waals surface area contributed by atoms with Gasteiger partial charge in [-0.15, -0.1) is 0 Å². The molecule has 2 heterocycles. The minimum Gasteiger partial charge on any atom is -0.409 e. The molecule has 0 aliphatic carbocycles. The molecule has 0 bridgehead atoms. The molecule has 1 aromatic rings. The summed E-state index contributed by atoms with van der Waals surface area (Å²) in [6, 6.07) is 0. The number of carbonyl (C=O) groups excluding carboxylic acids is 1. The van der Waals surface area contributed by atoms with Gasteiger partial charge in [-0.2, -0.15) is 5.10 Å². The number of nitrogens with two attached hydrogens (primary N) is 1. The summed E-state index contributed by atoms with van der Waals surface area (Å²) in [6.07, 6.45) is 2.12. The zero-order chi connectivity index (χ0) is 13.1. The molecule has 0 aromatic carbocycles. The Labute approximate surface area is 103 Å². The van der Waals surface area contributed by atoms with E-state index in [0.29, 0.717) is 31.0 Å². The molecule has 1 fully saturated rings. The van der Waals surface area contributed by atoms with Gasteiger partial charge in [-0.3, -0.25) is 9.48 Å². The summed E-state index contributed by atoms with van der Waals surface area (Å²) in [5.41, 5.74) is 5.89. The van der Waals surface area contributed by atoms with Crippen LogP contribution in [0.2, 0.25) is 0 Å². The maximum Gasteiger partial charge on any atom is 0.231 e. The second-order valence-electron chi connectivity index (χ2n) is 4.07. The van der Waals surface area contributed by atoms with Crippen LogP contribution in [-0.2, 0) is 16.6 Å². The molecular weight excluding hydrogens is 238 g/mol. The van der Waals surface area contributed by atoms with E-state index in [1.54, 1.807) is 7.05 Å². The SMILES string of the molecule is Cn1ncc(C(N)=NO)c1NC(=O)C1CCOC1. The molecular formula is C10H15N5O3. The van der Waals surface area contributed by atoms with Crippen LogP contribution in [0.25, 0.3) is 0 Å². The fraction of sp³-hybridized carbons (Fsp3) is 0.500. The summed E-state index contributed by atoms with van der Waals surface area (Å²) in [7, 11) is 1.66. The molecule has 1 aliphatic rings. The first-order chi connectivity index (χ1) is 8.63. The molecule has 1 amide bonds. The van der Waals surface area contributed by atoms with Crippen LogP contribution in [0.1, 0.15) is 12.0 Å². The van der Waals surface area contributed by atoms with E-state index < -0.39 is 0 Å². The Balaban J connectivity index is 2.17. The van der Waals surface area contributed by atoms with Crippen LogP contribution in [0.4, 0.5) is 5.82 Å². The van der Waals surface area contributed by atoms with E-state index in [1.807, 2.05) is 0 Å². The number of ether oxygens (including phenoxy) is 1. The van der Waals surface area contributed by atoms with E-state index in [9.17, 15) is 4.79 Å². The number of amidine groups is 1. The van der Waals surface area contributed by atoms with Crippen molar-refractivity contribution in [1.82, 2.24) is 9.78 Å². The van der Waals surface area contributed by atoms with Crippen LogP contribution in [0.3, 0.4) is 0 Å². The highest BCUT2D eigenvalue weighted by molar-refractivity contribution is 6.04. The summed E-state index contributed by atoms with van der Waals surface area (Å²) in [5, 5.41) is 18.3. The lowest BCUT2D eigenvalue weighted by Gasteiger charge is -2.10. The fourth-order valence-electron chi connectivity index (χ4n) is 1.79. The van der Waals surface area contributed by atoms with E-state index in [4.69, 9.17) is 15.7 Å². The lowest BCUT2D eigenvalue weighted by atomic mass is 10.1. The Hall–Kier alpha value is -2.09. The highest BCUT2D eigenvalue weighted by Crippen LogP contribution is 2.18. The van der Waals surface area contributed by atoms with Crippen LogP contribution in [-0.4, -0.2) is 39.9 Å². The minimum atomic E-state index is -0.167. The van der Waals surface area contributed by atoms with E-state index in [-0.39, 0.29) is 17.7 Å². The molecule has 0 spiro atoms. The van der Waals surface area contributed by atoms with Crippen LogP contribution in [0.5, 0.6) is 0 Å². The van der Waals surface area contributed by atoms with Gasteiger partial charge >= 0.3 is 0 Å². The third kappa shape index (κ3) is 2.28. The first-order valence-corrected chi connectivity index (χ1v) is 5.52. The molecule has 0 radical (unpaired) electrons. The number of rotatable bonds is 3. The molecule has 2 rings (SSSR count). The summed E-state index contributed by atoms with van der Waals surface area (Å²) < 4.78 is 6.61. The topological polar surface area (TPSA) is 115 Å². The number of nitrogens with zero attached hydrogens (tertiary/aromatic N) is 3. The Bertz CT molecular complexity index is 476. The number of oxime groups is 1. The average molecular weight is 253 g/mol. The average Bonchev–Trinajstić information content (AvgIpc) is 2.99. The number of aryl methyl sites for hydroxylation is 1. The van der Waals surface area contributed by atoms with Gasteiger partial charge in [-0.1, -0.05) is 5.16 Å². The smallest absolute Gasteiger partial charge is 0.231 e. The van der Waals surface area contributed by atoms with Crippen LogP contribution in [0, 0.1) is 5.92 Å². The lowest BCUT2D eigenvalue weighted by molar-refractivity contribution is -0.119. The van der Waals surface area contributed by atoms with Gasteiger partial charge in [-0.25, -0.2) is 0 Å². The molecule has 8 nitrogen and oxygen atoms in total. The lowest BCUT2D eigenvalue weighted by Crippen LogP contribution is -2.26. The van der Waals surface area contributed by atoms with Gasteiger partial charge in [0, 0.05) is 13.7 Å². The van der Waals surface area contributed by atoms with Gasteiger partial charge in [0.1, 0.15) is 5.82 Å². The molecule has 1 atom stereocenters. The highest BCUT2D eigenvalue weighted by atomic mass is 16.5. The van der Waals surface area contributed by atoms with Gasteiger partial charge in [-0.05, 0) is 6.42 Å². The van der Waals surface area contributed by atoms with Crippen molar-refractivity contribution in [2.24, 2.45) is 23.9 Å². The first kappa shape index (κ1) is 12.4. The summed E-state index contributed by atoms with van der Waals surface area (Å²) in [4.78, 5) is 12.0. The van der Waals surface area contributed by atoms with Crippen molar-refractivity contribution in [3.63, 3.8) is 0 Å². The van der Waals surface area contributed by atoms with E-state index in [0.717, 1.165) is 0 Å². The molecule has 8 heteroatoms. The van der Waals surface area contributed by atoms with Crippen LogP contribution in [0.15, 0.2) is 11.4 Å². The van der Waals surface area contributed by atoms with Gasteiger partial charge in [0.05, 0.1) is 24.3 Å². The Morgan fingerprint density at radius 3 is 3.17 bits per heavy atom. The number of hydrogen-bond donors (Lipinski definition) is 3. The summed E-state index contributed by atoms with van der Waals surface area (Å²) in [5.74, 6) is -0.00796. The molecule has 1 saturated heterocycles. The van der Waals surface area contributed by atoms with Crippen molar-refractivity contribution in [2.75, 3.05) is 18.5 Å². The number of aromatic nitrogens is 2. The molecule has 98 valence electrons. The third-order valence-electron chi connectivity index (χ3n) is 2.86. The Kier molecular flexibility index (Phi) is 3.47. The van der Waals surface area contributed by atoms with E-state index in [1.165, 1.54) is 10.9 Å². The predicted octanol–water partition coefficient (Wildman–Crippen LogP) is -0.510. The largest absolute Gasteiger partial charge is 0.409 e.